The number of methoxy groups -OCH3 is 2. The molecule has 0 atom stereocenters. The molecule has 138 valence electrons. The summed E-state index contributed by atoms with van der Waals surface area (Å²) in [6.45, 7) is 1.38. The number of carbonyl (C=O) groups is 1. The zero-order chi connectivity index (χ0) is 18.5. The number of benzene rings is 2. The standard InChI is InChI=1S/C20H23ClN2O3/c1-25-18-8-4-7-17(19(18)26-2)20(24)23-11-9-15(10-12-23)22-16-6-3-5-14(21)13-16/h3-8,13,15,22H,9-12H2,1-2H3. The number of rotatable bonds is 5. The molecule has 5 nitrogen and oxygen atoms in total. The maximum atomic E-state index is 12.9. The van der Waals surface area contributed by atoms with Crippen molar-refractivity contribution in [3.05, 3.63) is 53.1 Å². The van der Waals surface area contributed by atoms with Gasteiger partial charge in [0.15, 0.2) is 11.5 Å². The minimum atomic E-state index is -0.0260. The van der Waals surface area contributed by atoms with Gasteiger partial charge < -0.3 is 19.7 Å². The Hall–Kier alpha value is -2.40. The van der Waals surface area contributed by atoms with Crippen LogP contribution < -0.4 is 14.8 Å². The van der Waals surface area contributed by atoms with Gasteiger partial charge in [-0.2, -0.15) is 0 Å². The first-order chi connectivity index (χ1) is 12.6. The molecule has 6 heteroatoms. The second-order valence-electron chi connectivity index (χ2n) is 6.26. The van der Waals surface area contributed by atoms with Crippen molar-refractivity contribution >= 4 is 23.2 Å². The minimum Gasteiger partial charge on any atom is -0.493 e. The van der Waals surface area contributed by atoms with Gasteiger partial charge in [-0.3, -0.25) is 4.79 Å². The van der Waals surface area contributed by atoms with Crippen LogP contribution in [0.5, 0.6) is 11.5 Å². The molecule has 0 radical (unpaired) electrons. The number of hydrogen-bond donors (Lipinski definition) is 1. The third-order valence-electron chi connectivity index (χ3n) is 4.61. The van der Waals surface area contributed by atoms with Crippen molar-refractivity contribution in [3.63, 3.8) is 0 Å². The number of hydrogen-bond acceptors (Lipinski definition) is 4. The van der Waals surface area contributed by atoms with Crippen LogP contribution in [-0.4, -0.2) is 44.2 Å². The summed E-state index contributed by atoms with van der Waals surface area (Å²) < 4.78 is 10.7. The maximum Gasteiger partial charge on any atom is 0.257 e. The lowest BCUT2D eigenvalue weighted by atomic mass is 10.0. The Kier molecular flexibility index (Phi) is 5.89. The van der Waals surface area contributed by atoms with Crippen molar-refractivity contribution in [2.45, 2.75) is 18.9 Å². The largest absolute Gasteiger partial charge is 0.493 e. The normalized spacial score (nSPS) is 14.8. The van der Waals surface area contributed by atoms with Crippen LogP contribution in [0.15, 0.2) is 42.5 Å². The lowest BCUT2D eigenvalue weighted by Crippen LogP contribution is -2.42. The molecule has 1 aliphatic heterocycles. The average Bonchev–Trinajstić information content (AvgIpc) is 2.67. The first kappa shape index (κ1) is 18.4. The van der Waals surface area contributed by atoms with Gasteiger partial charge in [0.05, 0.1) is 19.8 Å². The van der Waals surface area contributed by atoms with E-state index in [0.717, 1.165) is 18.5 Å². The summed E-state index contributed by atoms with van der Waals surface area (Å²) in [5.41, 5.74) is 1.55. The number of carbonyl (C=O) groups excluding carboxylic acids is 1. The maximum absolute atomic E-state index is 12.9. The Balaban J connectivity index is 1.64. The Labute approximate surface area is 158 Å². The number of nitrogens with zero attached hydrogens (tertiary/aromatic N) is 1. The van der Waals surface area contributed by atoms with E-state index in [4.69, 9.17) is 21.1 Å². The second kappa shape index (κ2) is 8.32. The molecule has 0 aromatic heterocycles. The van der Waals surface area contributed by atoms with E-state index < -0.39 is 0 Å². The number of ether oxygens (including phenoxy) is 2. The lowest BCUT2D eigenvalue weighted by Gasteiger charge is -2.33. The van der Waals surface area contributed by atoms with Crippen LogP contribution in [0.1, 0.15) is 23.2 Å². The number of amides is 1. The number of halogens is 1. The molecule has 0 spiro atoms. The number of likely N-dealkylation sites (tertiary alicyclic amines) is 1. The monoisotopic (exact) mass is 374 g/mol. The highest BCUT2D eigenvalue weighted by atomic mass is 35.5. The average molecular weight is 375 g/mol. The van der Waals surface area contributed by atoms with Crippen LogP contribution in [0.3, 0.4) is 0 Å². The molecule has 1 N–H and O–H groups in total. The molecule has 1 fully saturated rings. The molecule has 1 saturated heterocycles. The fraction of sp³-hybridized carbons (Fsp3) is 0.350. The lowest BCUT2D eigenvalue weighted by molar-refractivity contribution is 0.0714. The third kappa shape index (κ3) is 4.05. The van der Waals surface area contributed by atoms with Crippen molar-refractivity contribution in [2.75, 3.05) is 32.6 Å². The molecule has 1 aliphatic rings. The molecule has 0 unspecified atom stereocenters. The molecule has 2 aromatic carbocycles. The van der Waals surface area contributed by atoms with E-state index in [2.05, 4.69) is 5.32 Å². The van der Waals surface area contributed by atoms with Crippen molar-refractivity contribution in [1.82, 2.24) is 4.90 Å². The number of piperidine rings is 1. The second-order valence-corrected chi connectivity index (χ2v) is 6.70. The van der Waals surface area contributed by atoms with Gasteiger partial charge in [0.2, 0.25) is 0 Å². The van der Waals surface area contributed by atoms with Gasteiger partial charge in [0, 0.05) is 29.8 Å². The molecular weight excluding hydrogens is 352 g/mol. The van der Waals surface area contributed by atoms with Crippen molar-refractivity contribution in [1.29, 1.82) is 0 Å². The topological polar surface area (TPSA) is 50.8 Å². The van der Waals surface area contributed by atoms with Gasteiger partial charge >= 0.3 is 0 Å². The van der Waals surface area contributed by atoms with E-state index in [9.17, 15) is 4.79 Å². The third-order valence-corrected chi connectivity index (χ3v) is 4.85. The fourth-order valence-corrected chi connectivity index (χ4v) is 3.46. The molecule has 1 amide bonds. The SMILES string of the molecule is COc1cccc(C(=O)N2CCC(Nc3cccc(Cl)c3)CC2)c1OC. The van der Waals surface area contributed by atoms with E-state index in [1.807, 2.05) is 35.2 Å². The minimum absolute atomic E-state index is 0.0260. The van der Waals surface area contributed by atoms with Gasteiger partial charge in [-0.05, 0) is 43.2 Å². The predicted molar refractivity (Wildman–Crippen MR) is 104 cm³/mol. The highest BCUT2D eigenvalue weighted by molar-refractivity contribution is 6.30. The number of anilines is 1. The van der Waals surface area contributed by atoms with Crippen LogP contribution in [0.4, 0.5) is 5.69 Å². The summed E-state index contributed by atoms with van der Waals surface area (Å²) in [4.78, 5) is 14.8. The summed E-state index contributed by atoms with van der Waals surface area (Å²) in [6, 6.07) is 13.4. The van der Waals surface area contributed by atoms with E-state index in [1.165, 1.54) is 0 Å². The molecule has 3 rings (SSSR count). The molecule has 26 heavy (non-hydrogen) atoms. The summed E-state index contributed by atoms with van der Waals surface area (Å²) in [7, 11) is 3.12. The first-order valence-corrected chi connectivity index (χ1v) is 9.02. The van der Waals surface area contributed by atoms with E-state index in [1.54, 1.807) is 26.4 Å². The van der Waals surface area contributed by atoms with E-state index >= 15 is 0 Å². The predicted octanol–water partition coefficient (Wildman–Crippen LogP) is 4.07. The molecule has 1 heterocycles. The van der Waals surface area contributed by atoms with Gasteiger partial charge in [-0.1, -0.05) is 23.7 Å². The Morgan fingerprint density at radius 2 is 1.85 bits per heavy atom. The zero-order valence-corrected chi connectivity index (χ0v) is 15.8. The molecule has 2 aromatic rings. The van der Waals surface area contributed by atoms with Gasteiger partial charge in [-0.25, -0.2) is 0 Å². The number of nitrogens with one attached hydrogen (secondary N) is 1. The van der Waals surface area contributed by atoms with Crippen LogP contribution >= 0.6 is 11.6 Å². The Bertz CT molecular complexity index is 773. The zero-order valence-electron chi connectivity index (χ0n) is 15.0. The first-order valence-electron chi connectivity index (χ1n) is 8.64. The molecular formula is C20H23ClN2O3. The van der Waals surface area contributed by atoms with Crippen LogP contribution in [-0.2, 0) is 0 Å². The molecule has 0 aliphatic carbocycles. The number of para-hydroxylation sites is 1. The highest BCUT2D eigenvalue weighted by Crippen LogP contribution is 2.32. The van der Waals surface area contributed by atoms with Crippen molar-refractivity contribution in [2.24, 2.45) is 0 Å². The van der Waals surface area contributed by atoms with E-state index in [0.29, 0.717) is 41.2 Å². The van der Waals surface area contributed by atoms with Gasteiger partial charge in [0.1, 0.15) is 0 Å². The van der Waals surface area contributed by atoms with Crippen LogP contribution in [0.25, 0.3) is 0 Å². The summed E-state index contributed by atoms with van der Waals surface area (Å²) in [5.74, 6) is 1.02. The quantitative estimate of drug-likeness (QED) is 0.857. The van der Waals surface area contributed by atoms with Crippen molar-refractivity contribution in [3.8, 4) is 11.5 Å². The van der Waals surface area contributed by atoms with Crippen LogP contribution in [0.2, 0.25) is 5.02 Å². The smallest absolute Gasteiger partial charge is 0.257 e. The van der Waals surface area contributed by atoms with Gasteiger partial charge in [-0.15, -0.1) is 0 Å². The molecule has 0 saturated carbocycles. The highest BCUT2D eigenvalue weighted by Gasteiger charge is 2.26. The van der Waals surface area contributed by atoms with Crippen LogP contribution in [0, 0.1) is 0 Å². The van der Waals surface area contributed by atoms with Crippen molar-refractivity contribution < 1.29 is 14.3 Å². The Morgan fingerprint density at radius 3 is 2.50 bits per heavy atom. The summed E-state index contributed by atoms with van der Waals surface area (Å²) >= 11 is 6.03. The summed E-state index contributed by atoms with van der Waals surface area (Å²) in [6.07, 6.45) is 1.76. The van der Waals surface area contributed by atoms with Gasteiger partial charge in [0.25, 0.3) is 5.91 Å². The fourth-order valence-electron chi connectivity index (χ4n) is 3.27. The summed E-state index contributed by atoms with van der Waals surface area (Å²) in [5, 5.41) is 4.21. The Morgan fingerprint density at radius 1 is 1.12 bits per heavy atom. The molecule has 0 bridgehead atoms. The van der Waals surface area contributed by atoms with E-state index in [-0.39, 0.29) is 5.91 Å².